The van der Waals surface area contributed by atoms with E-state index in [2.05, 4.69) is 41.2 Å². The number of carboxylic acid groups (broad SMARTS) is 1. The van der Waals surface area contributed by atoms with Crippen LogP contribution in [-0.4, -0.2) is 29.9 Å². The van der Waals surface area contributed by atoms with Crippen molar-refractivity contribution in [2.45, 2.75) is 92.9 Å². The summed E-state index contributed by atoms with van der Waals surface area (Å²) in [6.07, 6.45) is 10.5. The van der Waals surface area contributed by atoms with E-state index in [1.54, 1.807) is 6.92 Å². The van der Waals surface area contributed by atoms with E-state index in [4.69, 9.17) is 9.84 Å². The first-order valence-corrected chi connectivity index (χ1v) is 13.6. The van der Waals surface area contributed by atoms with Gasteiger partial charge in [0.25, 0.3) is 0 Å². The Bertz CT molecular complexity index is 989. The van der Waals surface area contributed by atoms with Gasteiger partial charge in [0, 0.05) is 17.4 Å². The largest absolute Gasteiger partial charge is 0.478 e. The fraction of sp³-hybridized carbons (Fsp3) is 0.710. The van der Waals surface area contributed by atoms with Crippen LogP contribution in [0.5, 0.6) is 0 Å². The van der Waals surface area contributed by atoms with Crippen molar-refractivity contribution in [3.05, 3.63) is 35.5 Å². The van der Waals surface area contributed by atoms with Gasteiger partial charge in [0.1, 0.15) is 0 Å². The fourth-order valence-corrected chi connectivity index (χ4v) is 8.33. The maximum Gasteiger partial charge on any atom is 0.330 e. The van der Waals surface area contributed by atoms with E-state index < -0.39 is 11.4 Å². The van der Waals surface area contributed by atoms with Crippen molar-refractivity contribution in [3.63, 3.8) is 0 Å². The predicted octanol–water partition coefficient (Wildman–Crippen LogP) is 6.93. The number of carbonyl (C=O) groups is 3. The molecule has 0 amide bonds. The number of hydrogen-bond donors (Lipinski definition) is 1. The van der Waals surface area contributed by atoms with Crippen molar-refractivity contribution in [1.29, 1.82) is 0 Å². The molecule has 0 aromatic rings. The number of ether oxygens (including phenoxy) is 1. The molecule has 0 heterocycles. The zero-order chi connectivity index (χ0) is 27.1. The van der Waals surface area contributed by atoms with Gasteiger partial charge in [0.15, 0.2) is 5.78 Å². The van der Waals surface area contributed by atoms with Crippen molar-refractivity contribution in [3.8, 4) is 0 Å². The molecule has 200 valence electrons. The molecule has 7 atom stereocenters. The van der Waals surface area contributed by atoms with Crippen LogP contribution in [0.3, 0.4) is 0 Å². The Hall–Kier alpha value is -2.17. The van der Waals surface area contributed by atoms with Gasteiger partial charge in [-0.1, -0.05) is 51.5 Å². The van der Waals surface area contributed by atoms with Gasteiger partial charge in [-0.2, -0.15) is 0 Å². The van der Waals surface area contributed by atoms with Crippen LogP contribution in [0.1, 0.15) is 92.9 Å². The standard InChI is InChI=1S/C31H46O5/c1-19(2)22-12-13-24-25(29(22,5)16-15-27(33)36-8)18-26(32)31(7)23(14-17-30(24,31)6)20(3)10-9-11-21(4)28(34)35/h11,18,20,22-24H,1,9-10,12-17H2,2-8H3,(H,34,35). The third-order valence-corrected chi connectivity index (χ3v) is 10.8. The lowest BCUT2D eigenvalue weighted by atomic mass is 9.44. The average Bonchev–Trinajstić information content (AvgIpc) is 3.11. The summed E-state index contributed by atoms with van der Waals surface area (Å²) >= 11 is 0. The van der Waals surface area contributed by atoms with Crippen LogP contribution >= 0.6 is 0 Å². The summed E-state index contributed by atoms with van der Waals surface area (Å²) in [5.41, 5.74) is 1.87. The minimum absolute atomic E-state index is 0.132. The minimum Gasteiger partial charge on any atom is -0.478 e. The first-order valence-electron chi connectivity index (χ1n) is 13.6. The topological polar surface area (TPSA) is 80.7 Å². The van der Waals surface area contributed by atoms with Gasteiger partial charge >= 0.3 is 11.9 Å². The second kappa shape index (κ2) is 10.3. The van der Waals surface area contributed by atoms with Crippen LogP contribution in [0, 0.1) is 39.9 Å². The Kier molecular flexibility index (Phi) is 8.13. The van der Waals surface area contributed by atoms with Gasteiger partial charge in [-0.05, 0) is 99.4 Å². The molecule has 2 saturated carbocycles. The molecule has 0 aromatic heterocycles. The summed E-state index contributed by atoms with van der Waals surface area (Å²) in [6.45, 7) is 17.0. The summed E-state index contributed by atoms with van der Waals surface area (Å²) in [4.78, 5) is 37.4. The van der Waals surface area contributed by atoms with E-state index in [1.807, 2.05) is 12.2 Å². The molecule has 2 fully saturated rings. The molecule has 3 aliphatic carbocycles. The van der Waals surface area contributed by atoms with Crippen LogP contribution in [0.25, 0.3) is 0 Å². The van der Waals surface area contributed by atoms with Crippen LogP contribution in [0.4, 0.5) is 0 Å². The van der Waals surface area contributed by atoms with Gasteiger partial charge < -0.3 is 9.84 Å². The molecule has 1 N–H and O–H groups in total. The second-order valence-electron chi connectivity index (χ2n) is 12.5. The van der Waals surface area contributed by atoms with Crippen molar-refractivity contribution < 1.29 is 24.2 Å². The number of fused-ring (bicyclic) bond motifs is 3. The van der Waals surface area contributed by atoms with E-state index in [-0.39, 0.29) is 34.4 Å². The molecule has 3 aliphatic rings. The highest BCUT2D eigenvalue weighted by atomic mass is 16.5. The van der Waals surface area contributed by atoms with Gasteiger partial charge in [0.2, 0.25) is 0 Å². The van der Waals surface area contributed by atoms with Gasteiger partial charge in [0.05, 0.1) is 7.11 Å². The molecular weight excluding hydrogens is 452 g/mol. The summed E-state index contributed by atoms with van der Waals surface area (Å²) < 4.78 is 4.96. The summed E-state index contributed by atoms with van der Waals surface area (Å²) in [5, 5.41) is 9.16. The van der Waals surface area contributed by atoms with E-state index in [9.17, 15) is 14.4 Å². The molecule has 0 spiro atoms. The summed E-state index contributed by atoms with van der Waals surface area (Å²) in [7, 11) is 1.43. The molecule has 36 heavy (non-hydrogen) atoms. The number of allylic oxidation sites excluding steroid dienone is 4. The number of ketones is 1. The second-order valence-corrected chi connectivity index (χ2v) is 12.5. The number of aliphatic carboxylic acids is 1. The normalized spacial score (nSPS) is 37.0. The number of carboxylic acids is 1. The smallest absolute Gasteiger partial charge is 0.330 e. The Morgan fingerprint density at radius 3 is 2.47 bits per heavy atom. The molecule has 0 radical (unpaired) electrons. The number of carbonyl (C=O) groups excluding carboxylic acids is 2. The quantitative estimate of drug-likeness (QED) is 0.212. The first kappa shape index (κ1) is 28.4. The Morgan fingerprint density at radius 2 is 1.89 bits per heavy atom. The maximum atomic E-state index is 14.1. The Labute approximate surface area is 217 Å². The van der Waals surface area contributed by atoms with E-state index in [0.29, 0.717) is 36.7 Å². The van der Waals surface area contributed by atoms with E-state index >= 15 is 0 Å². The van der Waals surface area contributed by atoms with E-state index in [1.165, 1.54) is 12.7 Å². The van der Waals surface area contributed by atoms with Crippen LogP contribution < -0.4 is 0 Å². The zero-order valence-corrected chi connectivity index (χ0v) is 23.4. The minimum atomic E-state index is -0.871. The Morgan fingerprint density at radius 1 is 1.22 bits per heavy atom. The van der Waals surface area contributed by atoms with Crippen molar-refractivity contribution in [2.24, 2.45) is 39.9 Å². The van der Waals surface area contributed by atoms with Crippen molar-refractivity contribution >= 4 is 17.7 Å². The maximum absolute atomic E-state index is 14.1. The zero-order valence-electron chi connectivity index (χ0n) is 23.4. The highest BCUT2D eigenvalue weighted by Crippen LogP contribution is 2.70. The molecule has 0 bridgehead atoms. The number of rotatable bonds is 9. The molecule has 3 rings (SSSR count). The van der Waals surface area contributed by atoms with Crippen molar-refractivity contribution in [1.82, 2.24) is 0 Å². The van der Waals surface area contributed by atoms with E-state index in [0.717, 1.165) is 37.7 Å². The fourth-order valence-electron chi connectivity index (χ4n) is 8.33. The lowest BCUT2D eigenvalue weighted by molar-refractivity contribution is -0.142. The first-order chi connectivity index (χ1) is 16.7. The summed E-state index contributed by atoms with van der Waals surface area (Å²) in [6, 6.07) is 0. The molecule has 5 heteroatoms. The highest BCUT2D eigenvalue weighted by molar-refractivity contribution is 5.98. The van der Waals surface area contributed by atoms with Crippen LogP contribution in [-0.2, 0) is 19.1 Å². The van der Waals surface area contributed by atoms with Gasteiger partial charge in [-0.3, -0.25) is 9.59 Å². The average molecular weight is 499 g/mol. The molecule has 5 nitrogen and oxygen atoms in total. The number of hydrogen-bond acceptors (Lipinski definition) is 4. The van der Waals surface area contributed by atoms with Crippen molar-refractivity contribution in [2.75, 3.05) is 7.11 Å². The lowest BCUT2D eigenvalue weighted by Gasteiger charge is -2.59. The monoisotopic (exact) mass is 498 g/mol. The van der Waals surface area contributed by atoms with Crippen LogP contribution in [0.15, 0.2) is 35.5 Å². The van der Waals surface area contributed by atoms with Gasteiger partial charge in [-0.15, -0.1) is 0 Å². The number of esters is 1. The van der Waals surface area contributed by atoms with Gasteiger partial charge in [-0.25, -0.2) is 4.79 Å². The molecule has 7 unspecified atom stereocenters. The van der Waals surface area contributed by atoms with Crippen LogP contribution in [0.2, 0.25) is 0 Å². The highest BCUT2D eigenvalue weighted by Gasteiger charge is 2.66. The lowest BCUT2D eigenvalue weighted by Crippen LogP contribution is -2.56. The number of methoxy groups -OCH3 is 1. The third kappa shape index (κ3) is 4.52. The molecular formula is C31H46O5. The molecule has 0 aromatic carbocycles. The summed E-state index contributed by atoms with van der Waals surface area (Å²) in [5.74, 6) is 0.297. The third-order valence-electron chi connectivity index (χ3n) is 10.8. The molecule has 0 saturated heterocycles. The SMILES string of the molecule is C=C(C)C1CCC2C(=CC(=O)C3(C)C(C(C)CCC=C(C)C(=O)O)CCC23C)C1(C)CCC(=O)OC. The molecule has 0 aliphatic heterocycles. The Balaban J connectivity index is 1.96. The predicted molar refractivity (Wildman–Crippen MR) is 142 cm³/mol.